The van der Waals surface area contributed by atoms with E-state index in [0.717, 1.165) is 35.6 Å². The first-order valence-electron chi connectivity index (χ1n) is 10.2. The van der Waals surface area contributed by atoms with Crippen LogP contribution in [-0.2, 0) is 4.79 Å². The number of thioether (sulfide) groups is 1. The fourth-order valence-electron chi connectivity index (χ4n) is 3.11. The molecule has 0 spiro atoms. The van der Waals surface area contributed by atoms with Gasteiger partial charge >= 0.3 is 0 Å². The number of benzene rings is 1. The average molecular weight is 441 g/mol. The quantitative estimate of drug-likeness (QED) is 0.451. The van der Waals surface area contributed by atoms with Crippen LogP contribution in [0.3, 0.4) is 0 Å². The summed E-state index contributed by atoms with van der Waals surface area (Å²) in [7, 11) is 1.60. The van der Waals surface area contributed by atoms with E-state index in [4.69, 9.17) is 9.47 Å². The maximum Gasteiger partial charge on any atom is 0.244 e. The first-order valence-corrected chi connectivity index (χ1v) is 11.6. The molecule has 0 radical (unpaired) electrons. The van der Waals surface area contributed by atoms with Crippen LogP contribution in [0.4, 0.5) is 0 Å². The zero-order valence-electron chi connectivity index (χ0n) is 18.1. The Morgan fingerprint density at radius 1 is 1.26 bits per heavy atom. The number of nitrogens with one attached hydrogen (secondary N) is 1. The third-order valence-corrected chi connectivity index (χ3v) is 5.30. The van der Waals surface area contributed by atoms with Crippen LogP contribution < -0.4 is 14.8 Å². The summed E-state index contributed by atoms with van der Waals surface area (Å²) in [6.45, 7) is 2.68. The van der Waals surface area contributed by atoms with Crippen molar-refractivity contribution in [2.45, 2.75) is 25.8 Å². The molecule has 2 aromatic heterocycles. The van der Waals surface area contributed by atoms with E-state index in [2.05, 4.69) is 22.4 Å². The zero-order valence-corrected chi connectivity index (χ0v) is 18.9. The Balaban J connectivity index is 1.72. The van der Waals surface area contributed by atoms with Crippen LogP contribution in [0.5, 0.6) is 11.5 Å². The lowest BCUT2D eigenvalue weighted by molar-refractivity contribution is -0.117. The Bertz CT molecular complexity index is 1030. The summed E-state index contributed by atoms with van der Waals surface area (Å²) in [6.07, 6.45) is 8.92. The SMILES string of the molecule is CCCOc1ccc(/C=C/C(=O)NC(CCSC)c2nnc3ccccn23)cc1OC. The molecule has 0 aliphatic heterocycles. The molecule has 3 rings (SSSR count). The summed E-state index contributed by atoms with van der Waals surface area (Å²) in [4.78, 5) is 12.7. The highest BCUT2D eigenvalue weighted by Gasteiger charge is 2.19. The van der Waals surface area contributed by atoms with E-state index >= 15 is 0 Å². The Morgan fingerprint density at radius 3 is 2.90 bits per heavy atom. The lowest BCUT2D eigenvalue weighted by atomic mass is 10.1. The second-order valence-electron chi connectivity index (χ2n) is 6.92. The van der Waals surface area contributed by atoms with Crippen LogP contribution in [0.15, 0.2) is 48.7 Å². The number of pyridine rings is 1. The summed E-state index contributed by atoms with van der Waals surface area (Å²) in [5.74, 6) is 2.77. The molecule has 1 N–H and O–H groups in total. The fourth-order valence-corrected chi connectivity index (χ4v) is 3.58. The summed E-state index contributed by atoms with van der Waals surface area (Å²) < 4.78 is 13.0. The molecule has 1 aromatic carbocycles. The minimum Gasteiger partial charge on any atom is -0.493 e. The van der Waals surface area contributed by atoms with Crippen molar-refractivity contribution in [1.29, 1.82) is 0 Å². The van der Waals surface area contributed by atoms with Crippen LogP contribution in [0.25, 0.3) is 11.7 Å². The smallest absolute Gasteiger partial charge is 0.244 e. The molecule has 8 heteroatoms. The van der Waals surface area contributed by atoms with Gasteiger partial charge in [-0.2, -0.15) is 11.8 Å². The molecule has 0 aliphatic rings. The minimum atomic E-state index is -0.235. The van der Waals surface area contributed by atoms with Crippen molar-refractivity contribution in [2.75, 3.05) is 25.7 Å². The predicted octanol–water partition coefficient (Wildman–Crippen LogP) is 4.15. The Kier molecular flexibility index (Phi) is 8.35. The largest absolute Gasteiger partial charge is 0.493 e. The molecule has 0 saturated carbocycles. The Morgan fingerprint density at radius 2 is 2.13 bits per heavy atom. The van der Waals surface area contributed by atoms with Gasteiger partial charge in [-0.3, -0.25) is 9.20 Å². The molecule has 2 heterocycles. The lowest BCUT2D eigenvalue weighted by Crippen LogP contribution is -2.29. The van der Waals surface area contributed by atoms with Crippen molar-refractivity contribution < 1.29 is 14.3 Å². The topological polar surface area (TPSA) is 77.8 Å². The third-order valence-electron chi connectivity index (χ3n) is 4.66. The van der Waals surface area contributed by atoms with Crippen LogP contribution in [0.1, 0.15) is 37.2 Å². The van der Waals surface area contributed by atoms with Crippen molar-refractivity contribution in [2.24, 2.45) is 0 Å². The van der Waals surface area contributed by atoms with E-state index in [9.17, 15) is 4.79 Å². The maximum atomic E-state index is 12.7. The van der Waals surface area contributed by atoms with E-state index in [1.165, 1.54) is 6.08 Å². The molecular formula is C23H28N4O3S. The molecule has 0 bridgehead atoms. The Hall–Kier alpha value is -3.00. The van der Waals surface area contributed by atoms with Crippen LogP contribution in [-0.4, -0.2) is 46.2 Å². The summed E-state index contributed by atoms with van der Waals surface area (Å²) in [5, 5.41) is 11.6. The van der Waals surface area contributed by atoms with Gasteiger partial charge in [0, 0.05) is 12.3 Å². The van der Waals surface area contributed by atoms with Gasteiger partial charge in [-0.05, 0) is 60.8 Å². The van der Waals surface area contributed by atoms with E-state index < -0.39 is 0 Å². The number of hydrogen-bond acceptors (Lipinski definition) is 6. The monoisotopic (exact) mass is 440 g/mol. The summed E-state index contributed by atoms with van der Waals surface area (Å²) >= 11 is 1.73. The number of nitrogens with zero attached hydrogens (tertiary/aromatic N) is 3. The van der Waals surface area contributed by atoms with E-state index in [-0.39, 0.29) is 11.9 Å². The number of carbonyl (C=O) groups is 1. The van der Waals surface area contributed by atoms with Gasteiger partial charge in [0.1, 0.15) is 0 Å². The highest BCUT2D eigenvalue weighted by Crippen LogP contribution is 2.28. The second-order valence-corrected chi connectivity index (χ2v) is 7.91. The first kappa shape index (κ1) is 22.7. The summed E-state index contributed by atoms with van der Waals surface area (Å²) in [5.41, 5.74) is 1.61. The second kappa shape index (κ2) is 11.4. The number of hydrogen-bond donors (Lipinski definition) is 1. The molecule has 0 aliphatic carbocycles. The normalized spacial score (nSPS) is 12.2. The number of carbonyl (C=O) groups excluding carboxylic acids is 1. The van der Waals surface area contributed by atoms with Gasteiger partial charge in [-0.1, -0.05) is 19.1 Å². The molecule has 1 amide bonds. The molecule has 0 fully saturated rings. The van der Waals surface area contributed by atoms with Gasteiger partial charge in [-0.25, -0.2) is 0 Å². The van der Waals surface area contributed by atoms with Crippen molar-refractivity contribution in [3.63, 3.8) is 0 Å². The molecule has 3 aromatic rings. The van der Waals surface area contributed by atoms with Gasteiger partial charge in [0.15, 0.2) is 23.0 Å². The number of aromatic nitrogens is 3. The molecular weight excluding hydrogens is 412 g/mol. The number of ether oxygens (including phenoxy) is 2. The minimum absolute atomic E-state index is 0.191. The first-order chi connectivity index (χ1) is 15.2. The van der Waals surface area contributed by atoms with E-state index in [1.54, 1.807) is 24.9 Å². The molecule has 1 atom stereocenters. The lowest BCUT2D eigenvalue weighted by Gasteiger charge is -2.16. The highest BCUT2D eigenvalue weighted by molar-refractivity contribution is 7.98. The molecule has 0 saturated heterocycles. The van der Waals surface area contributed by atoms with Crippen LogP contribution in [0.2, 0.25) is 0 Å². The van der Waals surface area contributed by atoms with E-state index in [1.807, 2.05) is 53.3 Å². The average Bonchev–Trinajstić information content (AvgIpc) is 3.23. The van der Waals surface area contributed by atoms with Crippen LogP contribution >= 0.6 is 11.8 Å². The van der Waals surface area contributed by atoms with Gasteiger partial charge in [0.2, 0.25) is 5.91 Å². The van der Waals surface area contributed by atoms with Gasteiger partial charge in [-0.15, -0.1) is 10.2 Å². The van der Waals surface area contributed by atoms with Crippen LogP contribution in [0, 0.1) is 0 Å². The zero-order chi connectivity index (χ0) is 22.1. The van der Waals surface area contributed by atoms with Crippen molar-refractivity contribution in [3.05, 3.63) is 60.1 Å². The number of rotatable bonds is 11. The van der Waals surface area contributed by atoms with Gasteiger partial charge < -0.3 is 14.8 Å². The van der Waals surface area contributed by atoms with Gasteiger partial charge in [0.25, 0.3) is 0 Å². The number of amides is 1. The van der Waals surface area contributed by atoms with Crippen molar-refractivity contribution in [1.82, 2.24) is 19.9 Å². The predicted molar refractivity (Wildman–Crippen MR) is 125 cm³/mol. The fraction of sp³-hybridized carbons (Fsp3) is 0.348. The van der Waals surface area contributed by atoms with Crippen molar-refractivity contribution in [3.8, 4) is 11.5 Å². The molecule has 7 nitrogen and oxygen atoms in total. The van der Waals surface area contributed by atoms with Crippen molar-refractivity contribution >= 4 is 29.4 Å². The van der Waals surface area contributed by atoms with E-state index in [0.29, 0.717) is 18.1 Å². The highest BCUT2D eigenvalue weighted by atomic mass is 32.2. The molecule has 31 heavy (non-hydrogen) atoms. The number of fused-ring (bicyclic) bond motifs is 1. The third kappa shape index (κ3) is 6.01. The van der Waals surface area contributed by atoms with Gasteiger partial charge in [0.05, 0.1) is 19.8 Å². The molecule has 164 valence electrons. The summed E-state index contributed by atoms with van der Waals surface area (Å²) in [6, 6.07) is 11.1. The Labute approximate surface area is 186 Å². The number of methoxy groups -OCH3 is 1. The standard InChI is InChI=1S/C23H28N4O3S/c1-4-14-30-19-10-8-17(16-20(19)29-2)9-11-22(28)24-18(12-15-31-3)23-26-25-21-7-5-6-13-27(21)23/h5-11,13,16,18H,4,12,14-15H2,1-3H3,(H,24,28)/b11-9+. The molecule has 1 unspecified atom stereocenters. The maximum absolute atomic E-state index is 12.7.